The lowest BCUT2D eigenvalue weighted by Gasteiger charge is -2.17. The molecule has 0 aromatic rings. The van der Waals surface area contributed by atoms with Gasteiger partial charge in [-0.3, -0.25) is 0 Å². The van der Waals surface area contributed by atoms with Gasteiger partial charge >= 0.3 is 0 Å². The molecule has 1 N–H and O–H groups in total. The monoisotopic (exact) mass is 169 g/mol. The van der Waals surface area contributed by atoms with Crippen molar-refractivity contribution in [2.75, 3.05) is 6.54 Å². The van der Waals surface area contributed by atoms with E-state index in [1.54, 1.807) is 0 Å². The average molecular weight is 169 g/mol. The zero-order valence-electron chi connectivity index (χ0n) is 8.77. The summed E-state index contributed by atoms with van der Waals surface area (Å²) in [6.45, 7) is 8.11. The molecule has 3 atom stereocenters. The Morgan fingerprint density at radius 1 is 1.33 bits per heavy atom. The Bertz CT molecular complexity index is 122. The molecular formula is C11H23N. The number of rotatable bonds is 6. The van der Waals surface area contributed by atoms with Crippen LogP contribution in [0, 0.1) is 11.8 Å². The molecule has 0 aromatic heterocycles. The molecule has 1 aliphatic carbocycles. The van der Waals surface area contributed by atoms with Crippen LogP contribution in [0.5, 0.6) is 0 Å². The molecule has 12 heavy (non-hydrogen) atoms. The summed E-state index contributed by atoms with van der Waals surface area (Å²) in [4.78, 5) is 0. The minimum absolute atomic E-state index is 0.824. The first-order valence-corrected chi connectivity index (χ1v) is 5.53. The van der Waals surface area contributed by atoms with Gasteiger partial charge in [0.2, 0.25) is 0 Å². The van der Waals surface area contributed by atoms with Crippen molar-refractivity contribution in [2.24, 2.45) is 11.8 Å². The topological polar surface area (TPSA) is 12.0 Å². The highest BCUT2D eigenvalue weighted by molar-refractivity contribution is 4.91. The fraction of sp³-hybridized carbons (Fsp3) is 1.00. The van der Waals surface area contributed by atoms with E-state index in [1.807, 2.05) is 0 Å². The van der Waals surface area contributed by atoms with Gasteiger partial charge in [0.15, 0.2) is 0 Å². The lowest BCUT2D eigenvalue weighted by molar-refractivity contribution is 0.417. The first-order valence-electron chi connectivity index (χ1n) is 5.53. The summed E-state index contributed by atoms with van der Waals surface area (Å²) >= 11 is 0. The predicted octanol–water partition coefficient (Wildman–Crippen LogP) is 2.81. The Morgan fingerprint density at radius 2 is 2.00 bits per heavy atom. The molecule has 72 valence electrons. The maximum atomic E-state index is 3.66. The van der Waals surface area contributed by atoms with E-state index in [9.17, 15) is 0 Å². The number of nitrogens with one attached hydrogen (secondary N) is 1. The third kappa shape index (κ3) is 2.78. The van der Waals surface area contributed by atoms with Crippen LogP contribution in [0.15, 0.2) is 0 Å². The number of hydrogen-bond acceptors (Lipinski definition) is 1. The summed E-state index contributed by atoms with van der Waals surface area (Å²) in [5.74, 6) is 1.99. The van der Waals surface area contributed by atoms with Gasteiger partial charge < -0.3 is 5.32 Å². The van der Waals surface area contributed by atoms with E-state index in [0.29, 0.717) is 0 Å². The van der Waals surface area contributed by atoms with Gasteiger partial charge in [0.1, 0.15) is 0 Å². The predicted molar refractivity (Wildman–Crippen MR) is 54.3 cm³/mol. The quantitative estimate of drug-likeness (QED) is 0.644. The summed E-state index contributed by atoms with van der Waals surface area (Å²) in [6.07, 6.45) is 5.42. The van der Waals surface area contributed by atoms with E-state index in [2.05, 4.69) is 26.1 Å². The van der Waals surface area contributed by atoms with Crippen molar-refractivity contribution in [1.82, 2.24) is 5.32 Å². The normalized spacial score (nSPS) is 30.2. The Balaban J connectivity index is 2.19. The van der Waals surface area contributed by atoms with Crippen molar-refractivity contribution in [2.45, 2.75) is 52.5 Å². The summed E-state index contributed by atoms with van der Waals surface area (Å²) < 4.78 is 0. The summed E-state index contributed by atoms with van der Waals surface area (Å²) in [5, 5.41) is 3.66. The second-order valence-corrected chi connectivity index (χ2v) is 4.23. The lowest BCUT2D eigenvalue weighted by atomic mass is 10.1. The van der Waals surface area contributed by atoms with Crippen LogP contribution in [0.2, 0.25) is 0 Å². The van der Waals surface area contributed by atoms with Crippen molar-refractivity contribution in [3.05, 3.63) is 0 Å². The fourth-order valence-corrected chi connectivity index (χ4v) is 2.02. The molecule has 0 aliphatic heterocycles. The molecule has 1 aliphatic rings. The van der Waals surface area contributed by atoms with Crippen LogP contribution in [0.4, 0.5) is 0 Å². The third-order valence-electron chi connectivity index (χ3n) is 2.94. The molecule has 0 bridgehead atoms. The highest BCUT2D eigenvalue weighted by Crippen LogP contribution is 2.41. The van der Waals surface area contributed by atoms with E-state index in [4.69, 9.17) is 0 Å². The first kappa shape index (κ1) is 10.0. The van der Waals surface area contributed by atoms with Gasteiger partial charge in [0.25, 0.3) is 0 Å². The average Bonchev–Trinajstić information content (AvgIpc) is 2.76. The van der Waals surface area contributed by atoms with Gasteiger partial charge in [-0.1, -0.05) is 27.2 Å². The second kappa shape index (κ2) is 4.86. The molecule has 0 heterocycles. The lowest BCUT2D eigenvalue weighted by Crippen LogP contribution is -2.32. The highest BCUT2D eigenvalue weighted by Gasteiger charge is 2.38. The van der Waals surface area contributed by atoms with Gasteiger partial charge in [-0.15, -0.1) is 0 Å². The maximum Gasteiger partial charge on any atom is 0.00978 e. The molecule has 1 nitrogen and oxygen atoms in total. The fourth-order valence-electron chi connectivity index (χ4n) is 2.02. The van der Waals surface area contributed by atoms with Crippen molar-refractivity contribution in [3.63, 3.8) is 0 Å². The van der Waals surface area contributed by atoms with Gasteiger partial charge in [0.05, 0.1) is 0 Å². The van der Waals surface area contributed by atoms with Crippen LogP contribution < -0.4 is 5.32 Å². The van der Waals surface area contributed by atoms with Crippen LogP contribution in [0.1, 0.15) is 46.5 Å². The maximum absolute atomic E-state index is 3.66. The molecule has 0 saturated heterocycles. The van der Waals surface area contributed by atoms with Crippen molar-refractivity contribution in [1.29, 1.82) is 0 Å². The van der Waals surface area contributed by atoms with Gasteiger partial charge in [-0.05, 0) is 37.6 Å². The van der Waals surface area contributed by atoms with Gasteiger partial charge in [0, 0.05) is 6.04 Å². The van der Waals surface area contributed by atoms with Crippen LogP contribution in [0.3, 0.4) is 0 Å². The molecule has 1 fully saturated rings. The Kier molecular flexibility index (Phi) is 4.07. The molecule has 1 heteroatoms. The van der Waals surface area contributed by atoms with E-state index in [0.717, 1.165) is 17.9 Å². The van der Waals surface area contributed by atoms with E-state index >= 15 is 0 Å². The molecule has 1 saturated carbocycles. The minimum atomic E-state index is 0.824. The molecule has 0 radical (unpaired) electrons. The molecule has 3 unspecified atom stereocenters. The van der Waals surface area contributed by atoms with Crippen molar-refractivity contribution < 1.29 is 0 Å². The smallest absolute Gasteiger partial charge is 0.00978 e. The van der Waals surface area contributed by atoms with E-state index < -0.39 is 0 Å². The van der Waals surface area contributed by atoms with Crippen molar-refractivity contribution in [3.8, 4) is 0 Å². The Hall–Kier alpha value is -0.0400. The van der Waals surface area contributed by atoms with Crippen LogP contribution in [-0.2, 0) is 0 Å². The highest BCUT2D eigenvalue weighted by atomic mass is 14.9. The Morgan fingerprint density at radius 3 is 2.42 bits per heavy atom. The molecule has 0 amide bonds. The first-order chi connectivity index (χ1) is 5.79. The zero-order valence-corrected chi connectivity index (χ0v) is 8.77. The van der Waals surface area contributed by atoms with Crippen LogP contribution in [0.25, 0.3) is 0 Å². The summed E-state index contributed by atoms with van der Waals surface area (Å²) in [5.41, 5.74) is 0. The van der Waals surface area contributed by atoms with Crippen LogP contribution >= 0.6 is 0 Å². The molecule has 1 rings (SSSR count). The SMILES string of the molecule is CCCNC(CCC)C1CC1C. The molecule has 0 aromatic carbocycles. The van der Waals surface area contributed by atoms with Crippen molar-refractivity contribution >= 4 is 0 Å². The van der Waals surface area contributed by atoms with Crippen LogP contribution in [-0.4, -0.2) is 12.6 Å². The van der Waals surface area contributed by atoms with Gasteiger partial charge in [-0.2, -0.15) is 0 Å². The number of hydrogen-bond donors (Lipinski definition) is 1. The standard InChI is InChI=1S/C11H23N/c1-4-6-11(12-7-5-2)10-8-9(10)3/h9-12H,4-8H2,1-3H3. The largest absolute Gasteiger partial charge is 0.314 e. The van der Waals surface area contributed by atoms with Gasteiger partial charge in [-0.25, -0.2) is 0 Å². The van der Waals surface area contributed by atoms with E-state index in [1.165, 1.54) is 32.2 Å². The summed E-state index contributed by atoms with van der Waals surface area (Å²) in [7, 11) is 0. The van der Waals surface area contributed by atoms with E-state index in [-0.39, 0.29) is 0 Å². The third-order valence-corrected chi connectivity index (χ3v) is 2.94. The summed E-state index contributed by atoms with van der Waals surface area (Å²) in [6, 6.07) is 0.824. The zero-order chi connectivity index (χ0) is 8.97. The minimum Gasteiger partial charge on any atom is -0.314 e. The second-order valence-electron chi connectivity index (χ2n) is 4.23. The molecular weight excluding hydrogens is 146 g/mol. The Labute approximate surface area is 76.9 Å². The molecule has 0 spiro atoms.